The number of benzene rings is 3. The molecular weight excluding hydrogens is 376 g/mol. The van der Waals surface area contributed by atoms with Crippen LogP contribution in [0.4, 0.5) is 5.69 Å². The maximum Gasteiger partial charge on any atom is 0.267 e. The van der Waals surface area contributed by atoms with Crippen molar-refractivity contribution in [1.29, 1.82) is 0 Å². The number of para-hydroxylation sites is 1. The van der Waals surface area contributed by atoms with Gasteiger partial charge in [-0.1, -0.05) is 30.3 Å². The molecule has 0 aliphatic heterocycles. The van der Waals surface area contributed by atoms with Crippen LogP contribution in [-0.4, -0.2) is 16.5 Å². The zero-order valence-electron chi connectivity index (χ0n) is 17.5. The summed E-state index contributed by atoms with van der Waals surface area (Å²) in [5, 5.41) is 2.93. The molecule has 0 aliphatic carbocycles. The number of hydrogen-bond donors (Lipinski definition) is 1. The van der Waals surface area contributed by atoms with Gasteiger partial charge in [-0.25, -0.2) is 4.98 Å². The van der Waals surface area contributed by atoms with E-state index in [0.29, 0.717) is 17.3 Å². The number of amides is 1. The van der Waals surface area contributed by atoms with Gasteiger partial charge in [0.05, 0.1) is 0 Å². The predicted octanol–water partition coefficient (Wildman–Crippen LogP) is 5.91. The number of nitrogens with one attached hydrogen (secondary N) is 1. The van der Waals surface area contributed by atoms with Crippen LogP contribution in [0.2, 0.25) is 0 Å². The fraction of sp³-hybridized carbons (Fsp3) is 0.200. The van der Waals surface area contributed by atoms with Crippen LogP contribution in [0.5, 0.6) is 5.75 Å². The second-order valence-corrected chi connectivity index (χ2v) is 7.91. The fourth-order valence-corrected chi connectivity index (χ4v) is 3.34. The van der Waals surface area contributed by atoms with Crippen LogP contribution >= 0.6 is 0 Å². The third-order valence-corrected chi connectivity index (χ3v) is 4.85. The van der Waals surface area contributed by atoms with Crippen LogP contribution in [0.3, 0.4) is 0 Å². The van der Waals surface area contributed by atoms with E-state index in [1.807, 2.05) is 74.5 Å². The Morgan fingerprint density at radius 2 is 1.77 bits per heavy atom. The summed E-state index contributed by atoms with van der Waals surface area (Å²) in [7, 11) is 0. The van der Waals surface area contributed by atoms with E-state index in [4.69, 9.17) is 9.15 Å². The zero-order valence-corrected chi connectivity index (χ0v) is 17.5. The third kappa shape index (κ3) is 4.06. The number of carbonyl (C=O) groups excluding carboxylic acids is 1. The van der Waals surface area contributed by atoms with E-state index >= 15 is 0 Å². The van der Waals surface area contributed by atoms with Gasteiger partial charge < -0.3 is 14.5 Å². The molecule has 0 spiro atoms. The van der Waals surface area contributed by atoms with Gasteiger partial charge >= 0.3 is 0 Å². The van der Waals surface area contributed by atoms with Gasteiger partial charge in [-0.15, -0.1) is 0 Å². The van der Waals surface area contributed by atoms with E-state index in [1.165, 1.54) is 0 Å². The van der Waals surface area contributed by atoms with Gasteiger partial charge in [-0.2, -0.15) is 0 Å². The number of fused-ring (bicyclic) bond motifs is 1. The molecule has 5 nitrogen and oxygen atoms in total. The molecule has 0 fully saturated rings. The van der Waals surface area contributed by atoms with Crippen molar-refractivity contribution in [3.63, 3.8) is 0 Å². The second kappa shape index (κ2) is 7.67. The first-order valence-corrected chi connectivity index (χ1v) is 9.85. The fourth-order valence-electron chi connectivity index (χ4n) is 3.34. The third-order valence-electron chi connectivity index (χ3n) is 4.85. The summed E-state index contributed by atoms with van der Waals surface area (Å²) in [6.07, 6.45) is 0. The normalized spacial score (nSPS) is 11.5. The lowest BCUT2D eigenvalue weighted by Crippen LogP contribution is -2.42. The SMILES string of the molecule is Cc1cc(C)c2oc(-c3cccc(NC(=O)C(C)(C)Oc4ccccc4)c3)nc2c1. The van der Waals surface area contributed by atoms with Crippen molar-refractivity contribution in [2.24, 2.45) is 0 Å². The summed E-state index contributed by atoms with van der Waals surface area (Å²) in [5.41, 5.74) is 4.20. The number of oxazole rings is 1. The lowest BCUT2D eigenvalue weighted by atomic mass is 10.1. The maximum absolute atomic E-state index is 12.8. The molecule has 152 valence electrons. The highest BCUT2D eigenvalue weighted by molar-refractivity contribution is 5.97. The number of aromatic nitrogens is 1. The Morgan fingerprint density at radius 1 is 1.00 bits per heavy atom. The van der Waals surface area contributed by atoms with Crippen molar-refractivity contribution in [3.8, 4) is 17.2 Å². The van der Waals surface area contributed by atoms with E-state index < -0.39 is 5.60 Å². The number of carbonyl (C=O) groups is 1. The minimum absolute atomic E-state index is 0.243. The van der Waals surface area contributed by atoms with Gasteiger partial charge in [0.25, 0.3) is 5.91 Å². The van der Waals surface area contributed by atoms with Gasteiger partial charge in [-0.05, 0) is 75.2 Å². The molecular formula is C25H24N2O3. The first kappa shape index (κ1) is 19.7. The lowest BCUT2D eigenvalue weighted by molar-refractivity contribution is -0.128. The van der Waals surface area contributed by atoms with Crippen molar-refractivity contribution in [3.05, 3.63) is 77.9 Å². The van der Waals surface area contributed by atoms with Crippen molar-refractivity contribution < 1.29 is 13.9 Å². The molecule has 3 aromatic carbocycles. The molecule has 5 heteroatoms. The number of ether oxygens (including phenoxy) is 1. The van der Waals surface area contributed by atoms with E-state index in [-0.39, 0.29) is 5.91 Å². The van der Waals surface area contributed by atoms with Crippen LogP contribution in [0.1, 0.15) is 25.0 Å². The Kier molecular flexibility index (Phi) is 5.04. The van der Waals surface area contributed by atoms with Crippen molar-refractivity contribution >= 4 is 22.7 Å². The first-order valence-electron chi connectivity index (χ1n) is 9.85. The van der Waals surface area contributed by atoms with Crippen LogP contribution in [0.25, 0.3) is 22.6 Å². The van der Waals surface area contributed by atoms with Gasteiger partial charge in [-0.3, -0.25) is 4.79 Å². The minimum Gasteiger partial charge on any atom is -0.478 e. The van der Waals surface area contributed by atoms with Crippen molar-refractivity contribution in [2.75, 3.05) is 5.32 Å². The van der Waals surface area contributed by atoms with Crippen LogP contribution < -0.4 is 10.1 Å². The highest BCUT2D eigenvalue weighted by Gasteiger charge is 2.30. The highest BCUT2D eigenvalue weighted by Crippen LogP contribution is 2.29. The van der Waals surface area contributed by atoms with Gasteiger partial charge in [0.1, 0.15) is 11.3 Å². The van der Waals surface area contributed by atoms with E-state index in [9.17, 15) is 4.79 Å². The Labute approximate surface area is 175 Å². The Bertz CT molecular complexity index is 1210. The lowest BCUT2D eigenvalue weighted by Gasteiger charge is -2.25. The monoisotopic (exact) mass is 400 g/mol. The molecule has 4 rings (SSSR count). The topological polar surface area (TPSA) is 64.4 Å². The number of anilines is 1. The zero-order chi connectivity index (χ0) is 21.3. The average molecular weight is 400 g/mol. The molecule has 0 unspecified atom stereocenters. The van der Waals surface area contributed by atoms with E-state index in [1.54, 1.807) is 13.8 Å². The summed E-state index contributed by atoms with van der Waals surface area (Å²) < 4.78 is 11.9. The Morgan fingerprint density at radius 3 is 2.53 bits per heavy atom. The Hall–Kier alpha value is -3.60. The molecule has 0 saturated heterocycles. The molecule has 1 heterocycles. The van der Waals surface area contributed by atoms with Crippen molar-refractivity contribution in [2.45, 2.75) is 33.3 Å². The molecule has 1 amide bonds. The average Bonchev–Trinajstić information content (AvgIpc) is 3.13. The molecule has 1 aromatic heterocycles. The van der Waals surface area contributed by atoms with Crippen LogP contribution in [0.15, 0.2) is 71.1 Å². The number of hydrogen-bond acceptors (Lipinski definition) is 4. The minimum atomic E-state index is -1.04. The largest absolute Gasteiger partial charge is 0.478 e. The van der Waals surface area contributed by atoms with Crippen LogP contribution in [0, 0.1) is 13.8 Å². The quantitative estimate of drug-likeness (QED) is 0.452. The molecule has 0 aliphatic rings. The molecule has 0 saturated carbocycles. The molecule has 4 aromatic rings. The standard InChI is InChI=1S/C25H24N2O3/c1-16-13-17(2)22-21(14-16)27-23(29-22)18-9-8-10-19(15-18)26-24(28)25(3,4)30-20-11-6-5-7-12-20/h5-15H,1-4H3,(H,26,28). The second-order valence-electron chi connectivity index (χ2n) is 7.91. The maximum atomic E-state index is 12.8. The summed E-state index contributed by atoms with van der Waals surface area (Å²) in [4.78, 5) is 17.5. The summed E-state index contributed by atoms with van der Waals surface area (Å²) in [5.74, 6) is 0.922. The summed E-state index contributed by atoms with van der Waals surface area (Å²) >= 11 is 0. The predicted molar refractivity (Wildman–Crippen MR) is 119 cm³/mol. The molecule has 0 bridgehead atoms. The summed E-state index contributed by atoms with van der Waals surface area (Å²) in [6.45, 7) is 7.53. The molecule has 0 radical (unpaired) electrons. The molecule has 0 atom stereocenters. The van der Waals surface area contributed by atoms with Gasteiger partial charge in [0.2, 0.25) is 5.89 Å². The van der Waals surface area contributed by atoms with Crippen LogP contribution in [-0.2, 0) is 4.79 Å². The van der Waals surface area contributed by atoms with Gasteiger partial charge in [0, 0.05) is 11.3 Å². The smallest absolute Gasteiger partial charge is 0.267 e. The number of aryl methyl sites for hydroxylation is 2. The van der Waals surface area contributed by atoms with E-state index in [2.05, 4.69) is 16.4 Å². The summed E-state index contributed by atoms with van der Waals surface area (Å²) in [6, 6.07) is 20.8. The highest BCUT2D eigenvalue weighted by atomic mass is 16.5. The first-order chi connectivity index (χ1) is 14.3. The van der Waals surface area contributed by atoms with E-state index in [0.717, 1.165) is 27.8 Å². The van der Waals surface area contributed by atoms with Gasteiger partial charge in [0.15, 0.2) is 11.2 Å². The Balaban J connectivity index is 1.56. The number of nitrogens with zero attached hydrogens (tertiary/aromatic N) is 1. The number of rotatable bonds is 5. The van der Waals surface area contributed by atoms with Crippen molar-refractivity contribution in [1.82, 2.24) is 4.98 Å². The molecule has 1 N–H and O–H groups in total. The molecule has 30 heavy (non-hydrogen) atoms.